The van der Waals surface area contributed by atoms with Gasteiger partial charge in [-0.2, -0.15) is 0 Å². The zero-order valence-electron chi connectivity index (χ0n) is 8.19. The summed E-state index contributed by atoms with van der Waals surface area (Å²) in [5, 5.41) is 0. The van der Waals surface area contributed by atoms with Crippen molar-refractivity contribution in [3.8, 4) is 5.75 Å². The predicted molar refractivity (Wildman–Crippen MR) is 55.8 cm³/mol. The fourth-order valence-corrected chi connectivity index (χ4v) is 0.976. The lowest BCUT2D eigenvalue weighted by atomic mass is 10.2. The van der Waals surface area contributed by atoms with Gasteiger partial charge < -0.3 is 4.74 Å². The molecule has 0 atom stereocenters. The van der Waals surface area contributed by atoms with Crippen LogP contribution in [0.3, 0.4) is 0 Å². The molecule has 73 valence electrons. The van der Waals surface area contributed by atoms with E-state index in [4.69, 9.17) is 4.74 Å². The van der Waals surface area contributed by atoms with E-state index in [1.165, 1.54) is 0 Å². The van der Waals surface area contributed by atoms with E-state index in [0.717, 1.165) is 0 Å². The summed E-state index contributed by atoms with van der Waals surface area (Å²) >= 11 is 0. The molecule has 0 aliphatic heterocycles. The first-order chi connectivity index (χ1) is 6.74. The third kappa shape index (κ3) is 3.05. The molecular weight excluding hydrogens is 176 g/mol. The van der Waals surface area contributed by atoms with E-state index in [2.05, 4.69) is 6.92 Å². The van der Waals surface area contributed by atoms with Crippen LogP contribution in [0.4, 0.5) is 0 Å². The molecule has 0 saturated heterocycles. The Morgan fingerprint density at radius 1 is 1.43 bits per heavy atom. The SMILES string of the molecule is [CH2]CC=C(C)C(=O)Oc1ccccc1. The van der Waals surface area contributed by atoms with Crippen LogP contribution >= 0.6 is 0 Å². The Morgan fingerprint density at radius 3 is 2.64 bits per heavy atom. The fourth-order valence-electron chi connectivity index (χ4n) is 0.976. The average Bonchev–Trinajstić information content (AvgIpc) is 2.19. The van der Waals surface area contributed by atoms with Gasteiger partial charge in [0.1, 0.15) is 5.75 Å². The topological polar surface area (TPSA) is 26.3 Å². The van der Waals surface area contributed by atoms with E-state index in [9.17, 15) is 4.79 Å². The second-order valence-corrected chi connectivity index (χ2v) is 2.88. The summed E-state index contributed by atoms with van der Waals surface area (Å²) < 4.78 is 5.09. The van der Waals surface area contributed by atoms with Crippen molar-refractivity contribution in [1.29, 1.82) is 0 Å². The third-order valence-electron chi connectivity index (χ3n) is 1.73. The van der Waals surface area contributed by atoms with Crippen LogP contribution in [0.2, 0.25) is 0 Å². The van der Waals surface area contributed by atoms with Crippen LogP contribution in [-0.4, -0.2) is 5.97 Å². The summed E-state index contributed by atoms with van der Waals surface area (Å²) in [6, 6.07) is 9.01. The van der Waals surface area contributed by atoms with Gasteiger partial charge in [0, 0.05) is 5.57 Å². The van der Waals surface area contributed by atoms with Gasteiger partial charge in [0.25, 0.3) is 0 Å². The molecule has 0 amide bonds. The number of allylic oxidation sites excluding steroid dienone is 1. The Balaban J connectivity index is 2.62. The van der Waals surface area contributed by atoms with E-state index in [1.807, 2.05) is 18.2 Å². The number of ether oxygens (including phenoxy) is 1. The zero-order valence-corrected chi connectivity index (χ0v) is 8.19. The standard InChI is InChI=1S/C12H13O2/c1-3-7-10(2)12(13)14-11-8-5-4-6-9-11/h4-9H,1,3H2,2H3. The van der Waals surface area contributed by atoms with Gasteiger partial charge in [0.2, 0.25) is 0 Å². The molecule has 1 aromatic rings. The molecule has 0 N–H and O–H groups in total. The van der Waals surface area contributed by atoms with E-state index in [-0.39, 0.29) is 5.97 Å². The lowest BCUT2D eigenvalue weighted by Crippen LogP contribution is -2.08. The van der Waals surface area contributed by atoms with Crippen LogP contribution in [-0.2, 0) is 4.79 Å². The smallest absolute Gasteiger partial charge is 0.338 e. The summed E-state index contributed by atoms with van der Waals surface area (Å²) in [5.74, 6) is 0.245. The molecule has 2 heteroatoms. The van der Waals surface area contributed by atoms with Gasteiger partial charge >= 0.3 is 5.97 Å². The van der Waals surface area contributed by atoms with Crippen molar-refractivity contribution in [2.24, 2.45) is 0 Å². The highest BCUT2D eigenvalue weighted by atomic mass is 16.5. The molecule has 0 fully saturated rings. The predicted octanol–water partition coefficient (Wildman–Crippen LogP) is 2.76. The minimum absolute atomic E-state index is 0.320. The molecule has 1 aromatic carbocycles. The first-order valence-electron chi connectivity index (χ1n) is 4.47. The van der Waals surface area contributed by atoms with Crippen LogP contribution in [0.5, 0.6) is 5.75 Å². The minimum Gasteiger partial charge on any atom is -0.423 e. The maximum atomic E-state index is 11.4. The van der Waals surface area contributed by atoms with E-state index in [0.29, 0.717) is 17.7 Å². The van der Waals surface area contributed by atoms with Crippen LogP contribution in [0.1, 0.15) is 13.3 Å². The number of esters is 1. The van der Waals surface area contributed by atoms with Crippen LogP contribution in [0, 0.1) is 6.92 Å². The Kier molecular flexibility index (Phi) is 3.92. The molecule has 0 aliphatic rings. The highest BCUT2D eigenvalue weighted by Gasteiger charge is 2.05. The van der Waals surface area contributed by atoms with Gasteiger partial charge in [0.05, 0.1) is 0 Å². The van der Waals surface area contributed by atoms with Crippen LogP contribution in [0.25, 0.3) is 0 Å². The number of para-hydroxylation sites is 1. The number of carbonyl (C=O) groups excluding carboxylic acids is 1. The third-order valence-corrected chi connectivity index (χ3v) is 1.73. The maximum Gasteiger partial charge on any atom is 0.338 e. The summed E-state index contributed by atoms with van der Waals surface area (Å²) in [4.78, 5) is 11.4. The summed E-state index contributed by atoms with van der Waals surface area (Å²) in [6.45, 7) is 5.35. The molecule has 2 nitrogen and oxygen atoms in total. The number of carbonyl (C=O) groups is 1. The van der Waals surface area contributed by atoms with Crippen molar-refractivity contribution >= 4 is 5.97 Å². The second kappa shape index (κ2) is 5.22. The van der Waals surface area contributed by atoms with Crippen LogP contribution in [0.15, 0.2) is 42.0 Å². The second-order valence-electron chi connectivity index (χ2n) is 2.88. The Bertz CT molecular complexity index is 325. The molecule has 0 heterocycles. The molecule has 0 bridgehead atoms. The Hall–Kier alpha value is -1.57. The van der Waals surface area contributed by atoms with Crippen molar-refractivity contribution < 1.29 is 9.53 Å². The van der Waals surface area contributed by atoms with E-state index < -0.39 is 0 Å². The van der Waals surface area contributed by atoms with Crippen molar-refractivity contribution in [2.45, 2.75) is 13.3 Å². The molecule has 1 radical (unpaired) electrons. The summed E-state index contributed by atoms with van der Waals surface area (Å²) in [7, 11) is 0. The molecule has 0 unspecified atom stereocenters. The molecule has 0 aromatic heterocycles. The Morgan fingerprint density at radius 2 is 2.07 bits per heavy atom. The van der Waals surface area contributed by atoms with Gasteiger partial charge in [-0.15, -0.1) is 0 Å². The fraction of sp³-hybridized carbons (Fsp3) is 0.167. The first-order valence-corrected chi connectivity index (χ1v) is 4.47. The molecule has 14 heavy (non-hydrogen) atoms. The van der Waals surface area contributed by atoms with Gasteiger partial charge in [-0.3, -0.25) is 0 Å². The largest absolute Gasteiger partial charge is 0.423 e. The van der Waals surface area contributed by atoms with Gasteiger partial charge in [-0.05, 0) is 32.4 Å². The van der Waals surface area contributed by atoms with Crippen LogP contribution < -0.4 is 4.74 Å². The van der Waals surface area contributed by atoms with Gasteiger partial charge in [-0.25, -0.2) is 4.79 Å². The number of hydrogen-bond donors (Lipinski definition) is 0. The molecule has 0 saturated carbocycles. The molecule has 0 aliphatic carbocycles. The summed E-state index contributed by atoms with van der Waals surface area (Å²) in [6.07, 6.45) is 2.33. The summed E-state index contributed by atoms with van der Waals surface area (Å²) in [5.41, 5.74) is 0.587. The zero-order chi connectivity index (χ0) is 10.4. The van der Waals surface area contributed by atoms with Crippen molar-refractivity contribution in [3.05, 3.63) is 48.9 Å². The van der Waals surface area contributed by atoms with E-state index >= 15 is 0 Å². The Labute approximate surface area is 84.2 Å². The highest BCUT2D eigenvalue weighted by molar-refractivity contribution is 5.89. The van der Waals surface area contributed by atoms with E-state index in [1.54, 1.807) is 25.1 Å². The lowest BCUT2D eigenvalue weighted by molar-refractivity contribution is -0.130. The number of rotatable bonds is 3. The van der Waals surface area contributed by atoms with Crippen molar-refractivity contribution in [3.63, 3.8) is 0 Å². The lowest BCUT2D eigenvalue weighted by Gasteiger charge is -2.03. The molecular formula is C12H13O2. The van der Waals surface area contributed by atoms with Gasteiger partial charge in [0.15, 0.2) is 0 Å². The maximum absolute atomic E-state index is 11.4. The van der Waals surface area contributed by atoms with Crippen molar-refractivity contribution in [2.75, 3.05) is 0 Å². The average molecular weight is 189 g/mol. The monoisotopic (exact) mass is 189 g/mol. The number of hydrogen-bond acceptors (Lipinski definition) is 2. The highest BCUT2D eigenvalue weighted by Crippen LogP contribution is 2.10. The quantitative estimate of drug-likeness (QED) is 0.415. The molecule has 1 rings (SSSR count). The normalized spacial score (nSPS) is 11.1. The number of benzene rings is 1. The minimum atomic E-state index is -0.320. The molecule has 0 spiro atoms. The van der Waals surface area contributed by atoms with Crippen molar-refractivity contribution in [1.82, 2.24) is 0 Å². The van der Waals surface area contributed by atoms with Gasteiger partial charge in [-0.1, -0.05) is 24.3 Å². The first kappa shape index (κ1) is 10.5.